The van der Waals surface area contributed by atoms with E-state index < -0.39 is 0 Å². The Morgan fingerprint density at radius 3 is 2.64 bits per heavy atom. The van der Waals surface area contributed by atoms with E-state index in [0.717, 1.165) is 43.9 Å². The summed E-state index contributed by atoms with van der Waals surface area (Å²) < 4.78 is 2.24. The fraction of sp³-hybridized carbons (Fsp3) is 0.412. The highest BCUT2D eigenvalue weighted by Gasteiger charge is 2.21. The first-order chi connectivity index (χ1) is 10.7. The molecule has 5 heteroatoms. The number of nitrogens with zero attached hydrogens (tertiary/aromatic N) is 3. The van der Waals surface area contributed by atoms with Crippen molar-refractivity contribution >= 4 is 5.91 Å². The molecule has 22 heavy (non-hydrogen) atoms. The smallest absolute Gasteiger partial charge is 0.231 e. The Morgan fingerprint density at radius 2 is 1.95 bits per heavy atom. The largest absolute Gasteiger partial charge is 0.369 e. The predicted molar refractivity (Wildman–Crippen MR) is 86.0 cm³/mol. The number of piperidine rings is 1. The number of hydrogen-bond acceptors (Lipinski definition) is 3. The van der Waals surface area contributed by atoms with Crippen molar-refractivity contribution in [3.63, 3.8) is 0 Å². The zero-order valence-corrected chi connectivity index (χ0v) is 12.7. The van der Waals surface area contributed by atoms with E-state index in [0.29, 0.717) is 12.5 Å². The molecule has 0 saturated carbocycles. The molecule has 3 rings (SSSR count). The minimum atomic E-state index is -0.237. The lowest BCUT2D eigenvalue weighted by Gasteiger charge is -2.31. The third-order valence-electron chi connectivity index (χ3n) is 4.29. The highest BCUT2D eigenvalue weighted by atomic mass is 16.1. The Morgan fingerprint density at radius 1 is 1.23 bits per heavy atom. The number of carbonyl (C=O) groups excluding carboxylic acids is 1. The highest BCUT2D eigenvalue weighted by Crippen LogP contribution is 2.23. The van der Waals surface area contributed by atoms with Crippen molar-refractivity contribution in [3.8, 4) is 11.4 Å². The summed E-state index contributed by atoms with van der Waals surface area (Å²) in [7, 11) is 0. The minimum Gasteiger partial charge on any atom is -0.369 e. The van der Waals surface area contributed by atoms with Crippen LogP contribution in [0.4, 0.5) is 0 Å². The standard InChI is InChI=1S/C17H22N4O/c18-16(22)13-20-9-6-14(7-10-20)12-21-11-8-19-17(21)15-4-2-1-3-5-15/h1-5,8,11,14H,6-7,9-10,12-13H2,(H2,18,22). The topological polar surface area (TPSA) is 64.2 Å². The van der Waals surface area contributed by atoms with Gasteiger partial charge >= 0.3 is 0 Å². The molecular weight excluding hydrogens is 276 g/mol. The van der Waals surface area contributed by atoms with Gasteiger partial charge in [-0.1, -0.05) is 30.3 Å². The first-order valence-corrected chi connectivity index (χ1v) is 7.79. The number of nitrogens with two attached hydrogens (primary N) is 1. The molecule has 0 atom stereocenters. The van der Waals surface area contributed by atoms with Crippen LogP contribution in [0.25, 0.3) is 11.4 Å². The maximum atomic E-state index is 11.0. The van der Waals surface area contributed by atoms with Crippen LogP contribution in [-0.2, 0) is 11.3 Å². The van der Waals surface area contributed by atoms with Crippen molar-refractivity contribution in [2.45, 2.75) is 19.4 Å². The van der Waals surface area contributed by atoms with Crippen LogP contribution in [0.15, 0.2) is 42.7 Å². The number of likely N-dealkylation sites (tertiary alicyclic amines) is 1. The number of hydrogen-bond donors (Lipinski definition) is 1. The van der Waals surface area contributed by atoms with Crippen molar-refractivity contribution in [3.05, 3.63) is 42.7 Å². The van der Waals surface area contributed by atoms with Gasteiger partial charge in [-0.15, -0.1) is 0 Å². The molecule has 1 aliphatic rings. The first kappa shape index (κ1) is 14.8. The Bertz CT molecular complexity index is 615. The van der Waals surface area contributed by atoms with Gasteiger partial charge in [-0.05, 0) is 31.8 Å². The van der Waals surface area contributed by atoms with Crippen molar-refractivity contribution in [2.24, 2.45) is 11.7 Å². The van der Waals surface area contributed by atoms with Crippen LogP contribution < -0.4 is 5.73 Å². The molecule has 116 valence electrons. The molecule has 1 amide bonds. The second-order valence-electron chi connectivity index (χ2n) is 5.96. The number of rotatable bonds is 5. The lowest BCUT2D eigenvalue weighted by molar-refractivity contribution is -0.119. The number of carbonyl (C=O) groups is 1. The molecule has 2 N–H and O–H groups in total. The number of amides is 1. The molecule has 0 radical (unpaired) electrons. The van der Waals surface area contributed by atoms with Crippen LogP contribution in [0.2, 0.25) is 0 Å². The van der Waals surface area contributed by atoms with Gasteiger partial charge < -0.3 is 10.3 Å². The molecule has 5 nitrogen and oxygen atoms in total. The fourth-order valence-corrected chi connectivity index (χ4v) is 3.13. The van der Waals surface area contributed by atoms with E-state index in [4.69, 9.17) is 5.73 Å². The zero-order valence-electron chi connectivity index (χ0n) is 12.7. The summed E-state index contributed by atoms with van der Waals surface area (Å²) in [6.07, 6.45) is 6.11. The Hall–Kier alpha value is -2.14. The van der Waals surface area contributed by atoms with E-state index in [9.17, 15) is 4.79 Å². The average molecular weight is 298 g/mol. The summed E-state index contributed by atoms with van der Waals surface area (Å²) in [6, 6.07) is 10.3. The van der Waals surface area contributed by atoms with E-state index >= 15 is 0 Å². The maximum Gasteiger partial charge on any atom is 0.231 e. The van der Waals surface area contributed by atoms with Gasteiger partial charge in [-0.3, -0.25) is 9.69 Å². The Balaban J connectivity index is 1.61. The molecule has 2 heterocycles. The van der Waals surface area contributed by atoms with Crippen LogP contribution >= 0.6 is 0 Å². The molecule has 1 aromatic carbocycles. The number of benzene rings is 1. The molecule has 0 unspecified atom stereocenters. The lowest BCUT2D eigenvalue weighted by Crippen LogP contribution is -2.40. The first-order valence-electron chi connectivity index (χ1n) is 7.79. The van der Waals surface area contributed by atoms with Gasteiger partial charge in [0, 0.05) is 24.5 Å². The van der Waals surface area contributed by atoms with Crippen molar-refractivity contribution in [1.29, 1.82) is 0 Å². The number of primary amides is 1. The van der Waals surface area contributed by atoms with Gasteiger partial charge in [0.1, 0.15) is 5.82 Å². The molecular formula is C17H22N4O. The molecule has 2 aromatic rings. The van der Waals surface area contributed by atoms with E-state index in [-0.39, 0.29) is 5.91 Å². The molecule has 1 aliphatic heterocycles. The van der Waals surface area contributed by atoms with Gasteiger partial charge in [0.05, 0.1) is 6.54 Å². The van der Waals surface area contributed by atoms with Crippen molar-refractivity contribution in [1.82, 2.24) is 14.5 Å². The Kier molecular flexibility index (Phi) is 4.53. The third kappa shape index (κ3) is 3.54. The van der Waals surface area contributed by atoms with Crippen LogP contribution in [-0.4, -0.2) is 40.0 Å². The monoisotopic (exact) mass is 298 g/mol. The van der Waals surface area contributed by atoms with E-state index in [1.165, 1.54) is 0 Å². The number of imidazole rings is 1. The maximum absolute atomic E-state index is 11.0. The minimum absolute atomic E-state index is 0.237. The predicted octanol–water partition coefficient (Wildman–Crippen LogP) is 1.75. The van der Waals surface area contributed by atoms with Crippen molar-refractivity contribution in [2.75, 3.05) is 19.6 Å². The summed E-state index contributed by atoms with van der Waals surface area (Å²) in [4.78, 5) is 17.6. The Labute approximate surface area is 130 Å². The third-order valence-corrected chi connectivity index (χ3v) is 4.29. The van der Waals surface area contributed by atoms with Crippen LogP contribution in [0.5, 0.6) is 0 Å². The second kappa shape index (κ2) is 6.75. The molecule has 0 bridgehead atoms. The molecule has 1 aromatic heterocycles. The fourth-order valence-electron chi connectivity index (χ4n) is 3.13. The summed E-state index contributed by atoms with van der Waals surface area (Å²) in [5.74, 6) is 1.42. The molecule has 0 aliphatic carbocycles. The zero-order chi connectivity index (χ0) is 15.4. The molecule has 1 fully saturated rings. The highest BCUT2D eigenvalue weighted by molar-refractivity contribution is 5.75. The van der Waals surface area contributed by atoms with Gasteiger partial charge in [0.25, 0.3) is 0 Å². The average Bonchev–Trinajstić information content (AvgIpc) is 2.98. The lowest BCUT2D eigenvalue weighted by atomic mass is 9.96. The second-order valence-corrected chi connectivity index (χ2v) is 5.96. The SMILES string of the molecule is NC(=O)CN1CCC(Cn2ccnc2-c2ccccc2)CC1. The van der Waals surface area contributed by atoms with E-state index in [1.807, 2.05) is 24.4 Å². The summed E-state index contributed by atoms with van der Waals surface area (Å²) >= 11 is 0. The summed E-state index contributed by atoms with van der Waals surface area (Å²) in [5.41, 5.74) is 6.41. The van der Waals surface area contributed by atoms with Crippen LogP contribution in [0, 0.1) is 5.92 Å². The van der Waals surface area contributed by atoms with Crippen LogP contribution in [0.1, 0.15) is 12.8 Å². The van der Waals surface area contributed by atoms with Gasteiger partial charge in [0.2, 0.25) is 5.91 Å². The van der Waals surface area contributed by atoms with Crippen LogP contribution in [0.3, 0.4) is 0 Å². The van der Waals surface area contributed by atoms with Gasteiger partial charge in [0.15, 0.2) is 0 Å². The van der Waals surface area contributed by atoms with Crippen molar-refractivity contribution < 1.29 is 4.79 Å². The van der Waals surface area contributed by atoms with Gasteiger partial charge in [-0.25, -0.2) is 4.98 Å². The summed E-state index contributed by atoms with van der Waals surface area (Å²) in [5, 5.41) is 0. The normalized spacial score (nSPS) is 16.7. The molecule has 1 saturated heterocycles. The van der Waals surface area contributed by atoms with E-state index in [2.05, 4.69) is 32.8 Å². The number of aromatic nitrogens is 2. The molecule has 0 spiro atoms. The van der Waals surface area contributed by atoms with E-state index in [1.54, 1.807) is 0 Å². The van der Waals surface area contributed by atoms with Gasteiger partial charge in [-0.2, -0.15) is 0 Å². The quantitative estimate of drug-likeness (QED) is 0.914. The summed E-state index contributed by atoms with van der Waals surface area (Å²) in [6.45, 7) is 3.26.